The molecule has 0 saturated carbocycles. The van der Waals surface area contributed by atoms with Gasteiger partial charge >= 0.3 is 0 Å². The summed E-state index contributed by atoms with van der Waals surface area (Å²) < 4.78 is 358. The van der Waals surface area contributed by atoms with Crippen LogP contribution < -0.4 is 26.2 Å². The number of furan rings is 2. The molecule has 0 bridgehead atoms. The van der Waals surface area contributed by atoms with Gasteiger partial charge in [-0.15, -0.1) is 0 Å². The summed E-state index contributed by atoms with van der Waals surface area (Å²) in [6, 6.07) is 11.1. The van der Waals surface area contributed by atoms with E-state index in [1.54, 1.807) is 42.5 Å². The van der Waals surface area contributed by atoms with Gasteiger partial charge in [0.1, 0.15) is 11.2 Å². The van der Waals surface area contributed by atoms with Crippen molar-refractivity contribution in [3.63, 3.8) is 0 Å². The zero-order valence-corrected chi connectivity index (χ0v) is 53.5. The Morgan fingerprint density at radius 3 is 1.15 bits per heavy atom. The quantitative estimate of drug-likeness (QED) is 0.142. The lowest BCUT2D eigenvalue weighted by molar-refractivity contribution is 0.669. The molecule has 5 aromatic heterocycles. The average Bonchev–Trinajstić information content (AvgIpc) is 1.15. The van der Waals surface area contributed by atoms with E-state index in [1.165, 1.54) is 46.2 Å². The largest absolute Gasteiger partial charge is 0.454 e. The lowest BCUT2D eigenvalue weighted by Gasteiger charge is -2.44. The van der Waals surface area contributed by atoms with Crippen LogP contribution in [-0.4, -0.2) is 20.4 Å². The van der Waals surface area contributed by atoms with Crippen molar-refractivity contribution in [2.75, 3.05) is 9.80 Å². The van der Waals surface area contributed by atoms with Crippen molar-refractivity contribution >= 4 is 167 Å². The second-order valence-electron chi connectivity index (χ2n) is 25.2. The Hall–Kier alpha value is -13.8. The standard InChI is InChI=1S/C96H58BN5O2/c1-4-24-59(25-5-1)62-51-76-73-35-15-22-42-92(73)103-95(76)90(55-62)101-86-57-66(99-80-37-17-10-30-68(80)69-31-11-18-38-81(69)99)45-47-78(86)97-79-48-46-67(100-82-39-19-12-32-70(82)71-33-13-20-40-83(71)100)58-87(79)102(91-56-63(60-26-6-2-7-27-60)52-77-74-36-16-23-43-93(74)104-96(77)91)89-54-64(53-88(101)94(89)97)61-44-49-85-75(50-61)72-34-14-21-41-84(72)98(85)65-28-8-3-9-29-65/h1-58H/i10D,11D,12D,13D,15D,16D,17D,18D,19D,20D,22D,23D,30D,31D,32D,33D,35D,36D,37D,38D,39D,40D,42D,43D,45D,46D,47D,48D,51D,52D,55D,56D,57D,58D. The molecule has 16 aromatic carbocycles. The number of benzene rings is 16. The first kappa shape index (κ1) is 33.6. The number of fused-ring (bicyclic) bond motifs is 19. The predicted molar refractivity (Wildman–Crippen MR) is 434 cm³/mol. The van der Waals surface area contributed by atoms with E-state index in [2.05, 4.69) is 0 Å². The Kier molecular flexibility index (Phi) is 7.05. The van der Waals surface area contributed by atoms with Crippen LogP contribution in [0.25, 0.3) is 160 Å². The molecule has 8 heteroatoms. The molecule has 7 heterocycles. The molecule has 104 heavy (non-hydrogen) atoms. The minimum absolute atomic E-state index is 0.0382. The summed E-state index contributed by atoms with van der Waals surface area (Å²) in [6.45, 7) is -2.17. The second kappa shape index (κ2) is 21.8. The van der Waals surface area contributed by atoms with Crippen LogP contribution in [0.1, 0.15) is 46.6 Å². The molecule has 7 nitrogen and oxygen atoms in total. The highest BCUT2D eigenvalue weighted by molar-refractivity contribution is 7.00. The lowest BCUT2D eigenvalue weighted by Crippen LogP contribution is -2.61. The summed E-state index contributed by atoms with van der Waals surface area (Å²) >= 11 is 0. The molecule has 0 atom stereocenters. The Labute approximate surface area is 645 Å². The van der Waals surface area contributed by atoms with Gasteiger partial charge < -0.3 is 32.3 Å². The van der Waals surface area contributed by atoms with E-state index >= 15 is 0 Å². The first-order valence-corrected chi connectivity index (χ1v) is 33.0. The third kappa shape index (κ3) is 8.18. The van der Waals surface area contributed by atoms with Crippen molar-refractivity contribution in [2.24, 2.45) is 0 Å². The predicted octanol–water partition coefficient (Wildman–Crippen LogP) is 23.9. The maximum Gasteiger partial charge on any atom is 0.252 e. The fraction of sp³-hybridized carbons (Fsp3) is 0. The first-order chi connectivity index (χ1) is 65.8. The lowest BCUT2D eigenvalue weighted by atomic mass is 9.33. The summed E-state index contributed by atoms with van der Waals surface area (Å²) in [6.07, 6.45) is 0. The van der Waals surface area contributed by atoms with Crippen LogP contribution in [0.2, 0.25) is 0 Å². The van der Waals surface area contributed by atoms with Crippen LogP contribution in [0.15, 0.2) is 360 Å². The molecule has 21 aromatic rings. The normalized spacial score (nSPS) is 17.3. The number of para-hydroxylation sites is 8. The van der Waals surface area contributed by atoms with Gasteiger partial charge in [-0.1, -0.05) is 224 Å². The summed E-state index contributed by atoms with van der Waals surface area (Å²) in [4.78, 5) is 2.39. The van der Waals surface area contributed by atoms with Crippen molar-refractivity contribution in [3.8, 4) is 50.4 Å². The van der Waals surface area contributed by atoms with Gasteiger partial charge in [0, 0.05) is 93.7 Å². The van der Waals surface area contributed by atoms with Crippen LogP contribution in [0.4, 0.5) is 34.1 Å². The molecule has 0 radical (unpaired) electrons. The zero-order valence-electron chi connectivity index (χ0n) is 87.5. The van der Waals surface area contributed by atoms with Crippen LogP contribution in [-0.2, 0) is 0 Å². The topological polar surface area (TPSA) is 47.6 Å². The molecule has 2 aliphatic heterocycles. The van der Waals surface area contributed by atoms with Gasteiger partial charge in [-0.05, 0) is 177 Å². The van der Waals surface area contributed by atoms with Crippen LogP contribution in [0.3, 0.4) is 0 Å². The minimum atomic E-state index is -2.17. The fourth-order valence-corrected chi connectivity index (χ4v) is 15.4. The third-order valence-corrected chi connectivity index (χ3v) is 19.7. The molecule has 0 fully saturated rings. The van der Waals surface area contributed by atoms with Crippen LogP contribution in [0.5, 0.6) is 0 Å². The first-order valence-electron chi connectivity index (χ1n) is 50.0. The van der Waals surface area contributed by atoms with Crippen molar-refractivity contribution < 1.29 is 55.4 Å². The van der Waals surface area contributed by atoms with E-state index in [0.29, 0.717) is 21.8 Å². The Morgan fingerprint density at radius 2 is 0.663 bits per heavy atom. The van der Waals surface area contributed by atoms with Gasteiger partial charge in [0.05, 0.1) is 91.1 Å². The van der Waals surface area contributed by atoms with Gasteiger partial charge in [-0.2, -0.15) is 0 Å². The highest BCUT2D eigenvalue weighted by Crippen LogP contribution is 2.53. The van der Waals surface area contributed by atoms with E-state index in [0.717, 1.165) is 14.8 Å². The van der Waals surface area contributed by atoms with E-state index in [-0.39, 0.29) is 50.2 Å². The molecule has 23 rings (SSSR count). The average molecular weight is 1360 g/mol. The summed E-state index contributed by atoms with van der Waals surface area (Å²) in [5.41, 5.74) is -9.84. The van der Waals surface area contributed by atoms with Gasteiger partial charge in [-0.3, -0.25) is 0 Å². The Morgan fingerprint density at radius 1 is 0.250 bits per heavy atom. The molecule has 0 N–H and O–H groups in total. The number of rotatable bonds is 8. The van der Waals surface area contributed by atoms with E-state index < -0.39 is 345 Å². The zero-order chi connectivity index (χ0) is 97.4. The van der Waals surface area contributed by atoms with E-state index in [4.69, 9.17) is 14.3 Å². The van der Waals surface area contributed by atoms with Gasteiger partial charge in [0.2, 0.25) is 0 Å². The number of nitrogens with zero attached hydrogens (tertiary/aromatic N) is 5. The number of aromatic nitrogens is 3. The van der Waals surface area contributed by atoms with Crippen molar-refractivity contribution in [3.05, 3.63) is 351 Å². The Bertz CT molecular complexity index is 8760. The Balaban J connectivity index is 1.01. The number of hydrogen-bond donors (Lipinski definition) is 0. The molecular weight excluding hydrogens is 1270 g/mol. The summed E-state index contributed by atoms with van der Waals surface area (Å²) in [5, 5.41) is -2.62. The summed E-state index contributed by atoms with van der Waals surface area (Å²) in [7, 11) is 0. The van der Waals surface area contributed by atoms with E-state index in [9.17, 15) is 41.1 Å². The highest BCUT2D eigenvalue weighted by atomic mass is 16.3. The van der Waals surface area contributed by atoms with Gasteiger partial charge in [-0.25, -0.2) is 0 Å². The van der Waals surface area contributed by atoms with Crippen molar-refractivity contribution in [2.45, 2.75) is 0 Å². The maximum atomic E-state index is 11.7. The number of hydrogen-bond acceptors (Lipinski definition) is 4. The van der Waals surface area contributed by atoms with Crippen LogP contribution in [0, 0.1) is 0 Å². The van der Waals surface area contributed by atoms with Crippen molar-refractivity contribution in [1.29, 1.82) is 0 Å². The highest BCUT2D eigenvalue weighted by Gasteiger charge is 2.46. The van der Waals surface area contributed by atoms with Gasteiger partial charge in [0.25, 0.3) is 6.71 Å². The van der Waals surface area contributed by atoms with E-state index in [1.807, 2.05) is 71.3 Å². The molecule has 0 spiro atoms. The molecule has 2 aliphatic rings. The maximum absolute atomic E-state index is 11.7. The SMILES string of the molecule is [2H]c1c([2H])c(-n2c3c([2H])c([2H])c([2H])c([2H])c3c3c([2H])c([2H])c([2H])c([2H])c32)c([2H])c2c1B1c3c(cc(-c4ccc5c(c4)c4ccccc4n5-c4ccccc4)cc3N(c3c([2H])c(-c4ccccc4)c([2H])c4c3oc3c([2H])c([2H])c([2H])c([2H])c34)c3c([2H])c(-n4c5c([2H])c([2H])c([2H])c([2H])c5c5c([2H])c([2H])c([2H])c([2H])c54)c([2H])c([2H])c31)N2c1c([2H])c(-c2ccccc2)c([2H])c2c1oc1c([2H])c([2H])c([2H])c([2H])c12. The molecule has 0 amide bonds. The van der Waals surface area contributed by atoms with Gasteiger partial charge in [0.15, 0.2) is 11.2 Å². The number of anilines is 6. The summed E-state index contributed by atoms with van der Waals surface area (Å²) in [5.74, 6) is 0. The fourth-order valence-electron chi connectivity index (χ4n) is 15.4. The minimum Gasteiger partial charge on any atom is -0.454 e. The second-order valence-corrected chi connectivity index (χ2v) is 25.2. The monoisotopic (exact) mass is 1360 g/mol. The molecule has 0 saturated heterocycles. The smallest absolute Gasteiger partial charge is 0.252 e. The van der Waals surface area contributed by atoms with Crippen molar-refractivity contribution in [1.82, 2.24) is 13.7 Å². The molecular formula is C96H58BN5O2. The third-order valence-electron chi connectivity index (χ3n) is 19.7. The molecule has 482 valence electrons. The molecule has 0 aliphatic carbocycles. The molecule has 0 unspecified atom stereocenters. The van der Waals surface area contributed by atoms with Crippen LogP contribution >= 0.6 is 0 Å².